The van der Waals surface area contributed by atoms with Crippen molar-refractivity contribution in [3.05, 3.63) is 28.4 Å². The second-order valence-corrected chi connectivity index (χ2v) is 6.25. The number of pyridine rings is 1. The van der Waals surface area contributed by atoms with Crippen LogP contribution in [0.2, 0.25) is 0 Å². The van der Waals surface area contributed by atoms with Crippen molar-refractivity contribution in [1.82, 2.24) is 4.98 Å². The molecule has 20 heavy (non-hydrogen) atoms. The summed E-state index contributed by atoms with van der Waals surface area (Å²) in [5.41, 5.74) is 0.108. The predicted octanol–water partition coefficient (Wildman–Crippen LogP) is 2.24. The SMILES string of the molecule is CN(c1ccc([N+](=O)[O-])cn1)C1C2CCOC2C1(C)C. The summed E-state index contributed by atoms with van der Waals surface area (Å²) in [6, 6.07) is 3.59. The minimum Gasteiger partial charge on any atom is -0.377 e. The highest BCUT2D eigenvalue weighted by atomic mass is 16.6. The Hall–Kier alpha value is -1.69. The van der Waals surface area contributed by atoms with Gasteiger partial charge in [-0.15, -0.1) is 0 Å². The molecule has 1 saturated carbocycles. The van der Waals surface area contributed by atoms with E-state index in [4.69, 9.17) is 4.74 Å². The second-order valence-electron chi connectivity index (χ2n) is 6.25. The maximum atomic E-state index is 10.7. The van der Waals surface area contributed by atoms with Gasteiger partial charge in [0.05, 0.1) is 11.0 Å². The Balaban J connectivity index is 1.82. The molecule has 0 spiro atoms. The standard InChI is InChI=1S/C14H19N3O3/c1-14(2)12(10-6-7-20-13(10)14)16(3)11-5-4-9(8-15-11)17(18)19/h4-5,8,10,12-13H,6-7H2,1-3H3. The van der Waals surface area contributed by atoms with Gasteiger partial charge in [-0.1, -0.05) is 13.8 Å². The Kier molecular flexibility index (Phi) is 2.93. The highest BCUT2D eigenvalue weighted by molar-refractivity contribution is 5.45. The Morgan fingerprint density at radius 1 is 1.50 bits per heavy atom. The third-order valence-electron chi connectivity index (χ3n) is 4.76. The summed E-state index contributed by atoms with van der Waals surface area (Å²) >= 11 is 0. The van der Waals surface area contributed by atoms with Gasteiger partial charge in [0.1, 0.15) is 12.0 Å². The first-order valence-electron chi connectivity index (χ1n) is 6.88. The number of anilines is 1. The molecule has 1 aromatic rings. The first-order valence-corrected chi connectivity index (χ1v) is 6.88. The fraction of sp³-hybridized carbons (Fsp3) is 0.643. The topological polar surface area (TPSA) is 68.5 Å². The average Bonchev–Trinajstić information content (AvgIpc) is 2.85. The lowest BCUT2D eigenvalue weighted by molar-refractivity contribution is -0.385. The van der Waals surface area contributed by atoms with E-state index < -0.39 is 4.92 Å². The molecule has 6 heteroatoms. The second kappa shape index (κ2) is 4.41. The lowest BCUT2D eigenvalue weighted by Crippen LogP contribution is -2.66. The minimum atomic E-state index is -0.426. The maximum Gasteiger partial charge on any atom is 0.287 e. The fourth-order valence-electron chi connectivity index (χ4n) is 3.92. The third kappa shape index (κ3) is 1.78. The van der Waals surface area contributed by atoms with E-state index in [1.165, 1.54) is 12.3 Å². The van der Waals surface area contributed by atoms with Crippen molar-refractivity contribution in [3.8, 4) is 0 Å². The predicted molar refractivity (Wildman–Crippen MR) is 74.7 cm³/mol. The molecule has 1 aliphatic carbocycles. The quantitative estimate of drug-likeness (QED) is 0.626. The molecule has 1 aromatic heterocycles. The smallest absolute Gasteiger partial charge is 0.287 e. The summed E-state index contributed by atoms with van der Waals surface area (Å²) < 4.78 is 5.80. The van der Waals surface area contributed by atoms with Crippen molar-refractivity contribution in [1.29, 1.82) is 0 Å². The van der Waals surface area contributed by atoms with Gasteiger partial charge in [0.2, 0.25) is 0 Å². The highest BCUT2D eigenvalue weighted by Crippen LogP contribution is 2.54. The van der Waals surface area contributed by atoms with Crippen molar-refractivity contribution in [2.24, 2.45) is 11.3 Å². The van der Waals surface area contributed by atoms with E-state index in [9.17, 15) is 10.1 Å². The van der Waals surface area contributed by atoms with E-state index >= 15 is 0 Å². The van der Waals surface area contributed by atoms with E-state index in [1.54, 1.807) is 6.07 Å². The lowest BCUT2D eigenvalue weighted by atomic mass is 9.57. The summed E-state index contributed by atoms with van der Waals surface area (Å²) in [6.07, 6.45) is 2.73. The molecule has 0 radical (unpaired) electrons. The first-order chi connectivity index (χ1) is 9.43. The molecule has 0 aromatic carbocycles. The third-order valence-corrected chi connectivity index (χ3v) is 4.76. The van der Waals surface area contributed by atoms with Crippen LogP contribution in [0, 0.1) is 21.4 Å². The molecule has 6 nitrogen and oxygen atoms in total. The molecule has 0 amide bonds. The van der Waals surface area contributed by atoms with E-state index in [0.29, 0.717) is 18.1 Å². The molecule has 1 aliphatic heterocycles. The van der Waals surface area contributed by atoms with Gasteiger partial charge in [0.15, 0.2) is 0 Å². The van der Waals surface area contributed by atoms with Crippen molar-refractivity contribution >= 4 is 11.5 Å². The van der Waals surface area contributed by atoms with Crippen LogP contribution in [0.5, 0.6) is 0 Å². The molecule has 3 unspecified atom stereocenters. The molecule has 1 saturated heterocycles. The number of nitro groups is 1. The average molecular weight is 277 g/mol. The summed E-state index contributed by atoms with van der Waals surface area (Å²) in [7, 11) is 2.01. The fourth-order valence-corrected chi connectivity index (χ4v) is 3.92. The number of hydrogen-bond donors (Lipinski definition) is 0. The lowest BCUT2D eigenvalue weighted by Gasteiger charge is -2.58. The van der Waals surface area contributed by atoms with Crippen molar-refractivity contribution in [2.75, 3.05) is 18.6 Å². The monoisotopic (exact) mass is 277 g/mol. The number of hydrogen-bond acceptors (Lipinski definition) is 5. The zero-order valence-corrected chi connectivity index (χ0v) is 11.9. The molecule has 2 aliphatic rings. The number of ether oxygens (including phenoxy) is 1. The normalized spacial score (nSPS) is 30.4. The Morgan fingerprint density at radius 2 is 2.25 bits per heavy atom. The van der Waals surface area contributed by atoms with E-state index in [0.717, 1.165) is 18.8 Å². The van der Waals surface area contributed by atoms with Crippen LogP contribution in [0.1, 0.15) is 20.3 Å². The van der Waals surface area contributed by atoms with Gasteiger partial charge in [-0.25, -0.2) is 4.98 Å². The summed E-state index contributed by atoms with van der Waals surface area (Å²) in [4.78, 5) is 16.6. The van der Waals surface area contributed by atoms with Crippen LogP contribution < -0.4 is 4.90 Å². The van der Waals surface area contributed by atoms with Gasteiger partial charge in [-0.05, 0) is 12.5 Å². The molecular weight excluding hydrogens is 258 g/mol. The van der Waals surface area contributed by atoms with Gasteiger partial charge in [0.25, 0.3) is 5.69 Å². The van der Waals surface area contributed by atoms with Crippen LogP contribution in [0.25, 0.3) is 0 Å². The summed E-state index contributed by atoms with van der Waals surface area (Å²) in [5, 5.41) is 10.7. The van der Waals surface area contributed by atoms with Gasteiger partial charge in [-0.2, -0.15) is 0 Å². The van der Waals surface area contributed by atoms with Crippen LogP contribution >= 0.6 is 0 Å². The summed E-state index contributed by atoms with van der Waals surface area (Å²) in [6.45, 7) is 5.26. The van der Waals surface area contributed by atoms with Crippen LogP contribution in [0.15, 0.2) is 18.3 Å². The minimum absolute atomic E-state index is 0.0251. The van der Waals surface area contributed by atoms with Crippen molar-refractivity contribution in [3.63, 3.8) is 0 Å². The van der Waals surface area contributed by atoms with Gasteiger partial charge in [-0.3, -0.25) is 10.1 Å². The van der Waals surface area contributed by atoms with Crippen LogP contribution in [-0.4, -0.2) is 35.7 Å². The first kappa shape index (κ1) is 13.3. The highest BCUT2D eigenvalue weighted by Gasteiger charge is 2.60. The summed E-state index contributed by atoms with van der Waals surface area (Å²) in [5.74, 6) is 1.31. The molecule has 0 bridgehead atoms. The zero-order chi connectivity index (χ0) is 14.5. The zero-order valence-electron chi connectivity index (χ0n) is 11.9. The largest absolute Gasteiger partial charge is 0.377 e. The molecule has 3 atom stereocenters. The molecule has 0 N–H and O–H groups in total. The van der Waals surface area contributed by atoms with Crippen molar-refractivity contribution in [2.45, 2.75) is 32.4 Å². The van der Waals surface area contributed by atoms with Gasteiger partial charge < -0.3 is 9.64 Å². The molecular formula is C14H19N3O3. The Bertz CT molecular complexity index is 529. The van der Waals surface area contributed by atoms with Crippen LogP contribution in [0.3, 0.4) is 0 Å². The molecule has 2 fully saturated rings. The van der Waals surface area contributed by atoms with Crippen LogP contribution in [0.4, 0.5) is 11.5 Å². The Morgan fingerprint density at radius 3 is 2.85 bits per heavy atom. The molecule has 2 heterocycles. The van der Waals surface area contributed by atoms with E-state index in [-0.39, 0.29) is 11.1 Å². The van der Waals surface area contributed by atoms with E-state index in [2.05, 4.69) is 23.7 Å². The van der Waals surface area contributed by atoms with Gasteiger partial charge >= 0.3 is 0 Å². The van der Waals surface area contributed by atoms with Crippen molar-refractivity contribution < 1.29 is 9.66 Å². The molecule has 108 valence electrons. The Labute approximate surface area is 117 Å². The maximum absolute atomic E-state index is 10.7. The number of fused-ring (bicyclic) bond motifs is 1. The number of aromatic nitrogens is 1. The molecule has 3 rings (SSSR count). The van der Waals surface area contributed by atoms with Crippen LogP contribution in [-0.2, 0) is 4.74 Å². The van der Waals surface area contributed by atoms with Gasteiger partial charge in [0, 0.05) is 37.1 Å². The van der Waals surface area contributed by atoms with E-state index in [1.807, 2.05) is 7.05 Å². The number of nitrogens with zero attached hydrogens (tertiary/aromatic N) is 3. The number of rotatable bonds is 3.